The van der Waals surface area contributed by atoms with Gasteiger partial charge < -0.3 is 22.4 Å². The zero-order valence-electron chi connectivity index (χ0n) is 11.1. The molecule has 1 N–H and O–H groups in total. The maximum atomic E-state index is 9.75. The molecule has 114 valence electrons. The highest BCUT2D eigenvalue weighted by molar-refractivity contribution is 7.58. The molecule has 7 heteroatoms. The van der Waals surface area contributed by atoms with Gasteiger partial charge in [0.15, 0.2) is 0 Å². The van der Waals surface area contributed by atoms with Gasteiger partial charge in [-0.25, -0.2) is 0 Å². The van der Waals surface area contributed by atoms with Crippen molar-refractivity contribution in [2.45, 2.75) is 6.42 Å². The first kappa shape index (κ1) is 17.4. The van der Waals surface area contributed by atoms with E-state index in [1.807, 2.05) is 12.1 Å². The Hall–Kier alpha value is -1.63. The first-order valence-electron chi connectivity index (χ1n) is 6.20. The van der Waals surface area contributed by atoms with Gasteiger partial charge in [0.2, 0.25) is 0 Å². The maximum Gasteiger partial charge on any atom is 0.673 e. The molecule has 21 heavy (non-hydrogen) atoms. The number of rotatable bonds is 3. The van der Waals surface area contributed by atoms with Crippen LogP contribution in [0.5, 0.6) is 5.75 Å². The summed E-state index contributed by atoms with van der Waals surface area (Å²) in [5.74, 6) is 1.29. The zero-order chi connectivity index (χ0) is 15.9. The molecule has 0 aromatic heterocycles. The number of aryl methyl sites for hydroxylation is 1. The third kappa shape index (κ3) is 7.65. The molecule has 2 rings (SSSR count). The topological polar surface area (TPSA) is 20.2 Å². The number of phenols is 1. The summed E-state index contributed by atoms with van der Waals surface area (Å²) < 4.78 is 39.0. The van der Waals surface area contributed by atoms with Gasteiger partial charge in [-0.2, -0.15) is 0 Å². The largest absolute Gasteiger partial charge is 0.673 e. The fourth-order valence-electron chi connectivity index (χ4n) is 1.66. The summed E-state index contributed by atoms with van der Waals surface area (Å²) in [5.41, 5.74) is 3.64. The summed E-state index contributed by atoms with van der Waals surface area (Å²) in [6, 6.07) is 15.8. The van der Waals surface area contributed by atoms with E-state index >= 15 is 0 Å². The molecule has 0 heterocycles. The Morgan fingerprint density at radius 3 is 1.57 bits per heavy atom. The molecular weight excluding hydrogens is 303 g/mol. The van der Waals surface area contributed by atoms with E-state index in [2.05, 4.69) is 36.9 Å². The van der Waals surface area contributed by atoms with Crippen LogP contribution < -0.4 is 0 Å². The Morgan fingerprint density at radius 2 is 1.19 bits per heavy atom. The smallest absolute Gasteiger partial charge is 0.508 e. The van der Waals surface area contributed by atoms with Gasteiger partial charge in [-0.05, 0) is 41.5 Å². The standard InChI is InChI=1S/C14H14OS.BF4/c15-14-7-5-13(6-8-14)12-3-1-11(2-4-12)9-10-16;2-1(3,4)5/h1-8,15-16H,9-10H2;/q;-1/p+1. The van der Waals surface area contributed by atoms with Crippen LogP contribution in [0.4, 0.5) is 17.3 Å². The van der Waals surface area contributed by atoms with Crippen LogP contribution in [0.15, 0.2) is 48.5 Å². The van der Waals surface area contributed by atoms with Crippen molar-refractivity contribution in [2.24, 2.45) is 0 Å². The molecule has 0 aliphatic carbocycles. The molecule has 0 atom stereocenters. The summed E-state index contributed by atoms with van der Waals surface area (Å²) >= 11 is 3.48. The van der Waals surface area contributed by atoms with Crippen molar-refractivity contribution in [1.29, 1.82) is 0 Å². The SMILES string of the molecule is F[B-](F)(F)F.Oc1ccc(-c2ccc(CC[SH2+])cc2)cc1. The summed E-state index contributed by atoms with van der Waals surface area (Å²) in [7, 11) is -6.00. The summed E-state index contributed by atoms with van der Waals surface area (Å²) in [6.07, 6.45) is 1.05. The lowest BCUT2D eigenvalue weighted by atomic mass is 10.0. The summed E-state index contributed by atoms with van der Waals surface area (Å²) in [4.78, 5) is 0. The quantitative estimate of drug-likeness (QED) is 0.517. The summed E-state index contributed by atoms with van der Waals surface area (Å²) in [5, 5.41) is 9.21. The number of benzene rings is 2. The van der Waals surface area contributed by atoms with Crippen molar-refractivity contribution in [3.05, 3.63) is 54.1 Å². The van der Waals surface area contributed by atoms with E-state index in [0.29, 0.717) is 5.75 Å². The highest BCUT2D eigenvalue weighted by Crippen LogP contribution is 2.22. The van der Waals surface area contributed by atoms with Gasteiger partial charge in [-0.15, -0.1) is 0 Å². The third-order valence-corrected chi connectivity index (χ3v) is 2.82. The Balaban J connectivity index is 0.000000383. The van der Waals surface area contributed by atoms with Crippen LogP contribution in [-0.4, -0.2) is 18.1 Å². The van der Waals surface area contributed by atoms with Gasteiger partial charge in [0.05, 0.1) is 0 Å². The fourth-order valence-corrected chi connectivity index (χ4v) is 1.95. The number of halogens is 4. The molecular formula is C14H15BF4OS. The molecule has 2 aromatic rings. The van der Waals surface area contributed by atoms with E-state index in [1.165, 1.54) is 11.1 Å². The highest BCUT2D eigenvalue weighted by atomic mass is 32.1. The van der Waals surface area contributed by atoms with E-state index in [9.17, 15) is 22.4 Å². The Bertz CT molecular complexity index is 534. The van der Waals surface area contributed by atoms with Crippen molar-refractivity contribution in [3.8, 4) is 16.9 Å². The molecule has 0 bridgehead atoms. The van der Waals surface area contributed by atoms with Crippen LogP contribution in [0, 0.1) is 0 Å². The first-order valence-corrected chi connectivity index (χ1v) is 6.90. The minimum Gasteiger partial charge on any atom is -0.508 e. The fraction of sp³-hybridized carbons (Fsp3) is 0.143. The molecule has 0 saturated carbocycles. The maximum absolute atomic E-state index is 9.75. The van der Waals surface area contributed by atoms with Crippen LogP contribution in [0.3, 0.4) is 0 Å². The second-order valence-corrected chi connectivity index (χ2v) is 4.74. The lowest BCUT2D eigenvalue weighted by molar-refractivity contribution is 0.368. The van der Waals surface area contributed by atoms with Crippen molar-refractivity contribution in [3.63, 3.8) is 0 Å². The Kier molecular flexibility index (Phi) is 6.62. The normalized spacial score (nSPS) is 10.7. The van der Waals surface area contributed by atoms with Crippen LogP contribution >= 0.6 is 0 Å². The third-order valence-electron chi connectivity index (χ3n) is 2.57. The minimum absolute atomic E-state index is 0.305. The molecule has 0 radical (unpaired) electrons. The van der Waals surface area contributed by atoms with Gasteiger partial charge in [-0.3, -0.25) is 0 Å². The predicted octanol–water partition coefficient (Wildman–Crippen LogP) is 3.91. The molecule has 1 nitrogen and oxygen atoms in total. The predicted molar refractivity (Wildman–Crippen MR) is 82.5 cm³/mol. The zero-order valence-corrected chi connectivity index (χ0v) is 12.1. The van der Waals surface area contributed by atoms with Gasteiger partial charge in [0.1, 0.15) is 11.5 Å². The van der Waals surface area contributed by atoms with Crippen molar-refractivity contribution >= 4 is 19.9 Å². The van der Waals surface area contributed by atoms with Gasteiger partial charge in [0.25, 0.3) is 0 Å². The number of aromatic hydroxyl groups is 1. The monoisotopic (exact) mass is 318 g/mol. The molecule has 0 saturated heterocycles. The number of hydrogen-bond acceptors (Lipinski definition) is 1. The van der Waals surface area contributed by atoms with Crippen LogP contribution in [0.25, 0.3) is 11.1 Å². The Labute approximate surface area is 126 Å². The molecule has 0 spiro atoms. The highest BCUT2D eigenvalue weighted by Gasteiger charge is 2.20. The van der Waals surface area contributed by atoms with Gasteiger partial charge in [0, 0.05) is 6.42 Å². The average Bonchev–Trinajstić information content (AvgIpc) is 2.39. The van der Waals surface area contributed by atoms with E-state index in [4.69, 9.17) is 0 Å². The van der Waals surface area contributed by atoms with Crippen molar-refractivity contribution in [2.75, 3.05) is 5.75 Å². The second-order valence-electron chi connectivity index (χ2n) is 4.24. The van der Waals surface area contributed by atoms with Crippen LogP contribution in [0.1, 0.15) is 5.56 Å². The van der Waals surface area contributed by atoms with Crippen molar-refractivity contribution < 1.29 is 22.4 Å². The number of phenolic OH excluding ortho intramolecular Hbond substituents is 1. The lowest BCUT2D eigenvalue weighted by Crippen LogP contribution is -2.02. The van der Waals surface area contributed by atoms with Crippen molar-refractivity contribution in [1.82, 2.24) is 0 Å². The first-order chi connectivity index (χ1) is 9.79. The molecule has 0 unspecified atom stereocenters. The molecule has 0 fully saturated rings. The molecule has 0 aliphatic rings. The van der Waals surface area contributed by atoms with Crippen LogP contribution in [-0.2, 0) is 19.0 Å². The van der Waals surface area contributed by atoms with E-state index in [-0.39, 0.29) is 0 Å². The molecule has 2 aromatic carbocycles. The van der Waals surface area contributed by atoms with Gasteiger partial charge >= 0.3 is 7.25 Å². The van der Waals surface area contributed by atoms with E-state index < -0.39 is 7.25 Å². The number of hydrogen-bond donors (Lipinski definition) is 1. The second kappa shape index (κ2) is 7.97. The minimum atomic E-state index is -6.00. The van der Waals surface area contributed by atoms with E-state index in [1.54, 1.807) is 12.1 Å². The summed E-state index contributed by atoms with van der Waals surface area (Å²) in [6.45, 7) is 0. The Morgan fingerprint density at radius 1 is 0.810 bits per heavy atom. The van der Waals surface area contributed by atoms with Crippen LogP contribution in [0.2, 0.25) is 0 Å². The van der Waals surface area contributed by atoms with Gasteiger partial charge in [-0.1, -0.05) is 36.4 Å². The van der Waals surface area contributed by atoms with E-state index in [0.717, 1.165) is 17.7 Å². The lowest BCUT2D eigenvalue weighted by Gasteiger charge is -2.03. The molecule has 0 amide bonds. The molecule has 0 aliphatic heterocycles. The average molecular weight is 318 g/mol.